The summed E-state index contributed by atoms with van der Waals surface area (Å²) < 4.78 is 0. The molecule has 0 heterocycles. The van der Waals surface area contributed by atoms with Gasteiger partial charge in [-0.3, -0.25) is 9.78 Å². The van der Waals surface area contributed by atoms with E-state index in [1.807, 2.05) is 0 Å². The van der Waals surface area contributed by atoms with Gasteiger partial charge in [0.05, 0.1) is 0 Å². The second-order valence-corrected chi connectivity index (χ2v) is 12.4. The van der Waals surface area contributed by atoms with Gasteiger partial charge in [-0.25, -0.2) is 9.59 Å². The summed E-state index contributed by atoms with van der Waals surface area (Å²) in [4.78, 5) is 32.6. The number of hydrogen-bond acceptors (Lipinski definition) is 5. The molecule has 0 aliphatic carbocycles. The van der Waals surface area contributed by atoms with Gasteiger partial charge in [0.15, 0.2) is 0 Å². The quantitative estimate of drug-likeness (QED) is 0.0315. The van der Waals surface area contributed by atoms with Crippen LogP contribution >= 0.6 is 0 Å². The van der Waals surface area contributed by atoms with Crippen LogP contribution in [0.25, 0.3) is 0 Å². The molecular weight excluding hydrogens is 535 g/mol. The molecule has 6 heteroatoms. The molecule has 0 aromatic heterocycles. The zero-order valence-electron chi connectivity index (χ0n) is 27.7. The molecule has 0 aromatic rings. The molecular formula is C36H71NaO5. The van der Waals surface area contributed by atoms with Crippen molar-refractivity contribution in [2.75, 3.05) is 0 Å². The molecule has 0 unspecified atom stereocenters. The fraction of sp³-hybridized carbons (Fsp3) is 0.944. The van der Waals surface area contributed by atoms with Gasteiger partial charge in [-0.15, -0.1) is 0 Å². The van der Waals surface area contributed by atoms with Crippen LogP contribution in [0, 0.1) is 0 Å². The Morgan fingerprint density at radius 1 is 0.333 bits per heavy atom. The van der Waals surface area contributed by atoms with Crippen molar-refractivity contribution in [2.45, 2.75) is 219 Å². The molecule has 0 rings (SSSR count). The van der Waals surface area contributed by atoms with E-state index in [2.05, 4.69) is 28.7 Å². The molecule has 0 N–H and O–H groups in total. The third-order valence-corrected chi connectivity index (χ3v) is 8.22. The summed E-state index contributed by atoms with van der Waals surface area (Å²) in [6.45, 7) is 4.54. The van der Waals surface area contributed by atoms with Crippen LogP contribution in [0.15, 0.2) is 0 Å². The number of carbonyl (C=O) groups excluding carboxylic acids is 2. The summed E-state index contributed by atoms with van der Waals surface area (Å²) in [6, 6.07) is 0. The summed E-state index contributed by atoms with van der Waals surface area (Å²) in [5.74, 6) is -0.945. The van der Waals surface area contributed by atoms with Gasteiger partial charge in [0, 0.05) is 17.9 Å². The zero-order valence-corrected chi connectivity index (χ0v) is 27.7. The van der Waals surface area contributed by atoms with Crippen molar-refractivity contribution in [2.24, 2.45) is 0 Å². The third-order valence-electron chi connectivity index (χ3n) is 8.22. The summed E-state index contributed by atoms with van der Waals surface area (Å²) in [5.41, 5.74) is 0. The van der Waals surface area contributed by atoms with Crippen molar-refractivity contribution in [3.05, 3.63) is 0 Å². The minimum atomic E-state index is -0.473. The predicted molar refractivity (Wildman–Crippen MR) is 180 cm³/mol. The molecule has 0 spiro atoms. The third kappa shape index (κ3) is 37.9. The predicted octanol–water partition coefficient (Wildman–Crippen LogP) is 11.8. The molecule has 0 aliphatic rings. The Morgan fingerprint density at radius 2 is 0.524 bits per heavy atom. The van der Waals surface area contributed by atoms with Gasteiger partial charge in [0.1, 0.15) is 0 Å². The molecule has 0 amide bonds. The van der Waals surface area contributed by atoms with Crippen molar-refractivity contribution in [1.29, 1.82) is 0 Å². The molecule has 5 nitrogen and oxygen atoms in total. The number of unbranched alkanes of at least 4 members (excludes halogenated alkanes) is 28. The van der Waals surface area contributed by atoms with Gasteiger partial charge >= 0.3 is 41.5 Å². The molecule has 0 bridgehead atoms. The molecule has 0 saturated carbocycles. The maximum absolute atomic E-state index is 11.7. The van der Waals surface area contributed by atoms with E-state index in [0.717, 1.165) is 38.5 Å². The average molecular weight is 607 g/mol. The van der Waals surface area contributed by atoms with Gasteiger partial charge < -0.3 is 0 Å². The standard InChI is InChI=1S/C36H70O5.Na.H/c1-3-5-7-9-11-13-15-17-19-21-23-25-27-29-31-33-35(37)39-41-40-36(38)34-32-30-28-26-24-22-20-18-16-14-12-10-8-6-4-2;;/h3-34H2,1-2H3;;. The Bertz CT molecular complexity index is 497. The second kappa shape index (κ2) is 38.9. The number of rotatable bonds is 34. The van der Waals surface area contributed by atoms with Crippen LogP contribution in [-0.2, 0) is 24.4 Å². The minimum absolute atomic E-state index is 0. The molecule has 0 aliphatic heterocycles. The van der Waals surface area contributed by atoms with Crippen molar-refractivity contribution in [3.8, 4) is 0 Å². The van der Waals surface area contributed by atoms with E-state index < -0.39 is 11.9 Å². The van der Waals surface area contributed by atoms with Crippen LogP contribution in [0.4, 0.5) is 0 Å². The normalized spacial score (nSPS) is 10.9. The maximum atomic E-state index is 11.7. The SMILES string of the molecule is CCCCCCCCCCCCCCCCCC(=O)OOOC(=O)CCCCCCCCCCCCCCCCC.[NaH]. The first-order chi connectivity index (χ1) is 20.2. The molecule has 0 atom stereocenters. The average Bonchev–Trinajstić information content (AvgIpc) is 2.97. The van der Waals surface area contributed by atoms with E-state index in [1.54, 1.807) is 0 Å². The van der Waals surface area contributed by atoms with E-state index >= 15 is 0 Å². The van der Waals surface area contributed by atoms with Crippen LogP contribution in [0.1, 0.15) is 219 Å². The molecule has 0 aromatic carbocycles. The first-order valence-corrected chi connectivity index (χ1v) is 18.3. The molecule has 0 fully saturated rings. The van der Waals surface area contributed by atoms with Gasteiger partial charge in [-0.05, 0) is 12.8 Å². The van der Waals surface area contributed by atoms with Crippen LogP contribution < -0.4 is 0 Å². The molecule has 42 heavy (non-hydrogen) atoms. The van der Waals surface area contributed by atoms with Crippen LogP contribution in [0.3, 0.4) is 0 Å². The topological polar surface area (TPSA) is 61.8 Å². The van der Waals surface area contributed by atoms with Gasteiger partial charge in [0.25, 0.3) is 0 Å². The van der Waals surface area contributed by atoms with Gasteiger partial charge in [-0.2, -0.15) is 0 Å². The summed E-state index contributed by atoms with van der Waals surface area (Å²) in [5, 5.41) is 4.41. The second-order valence-electron chi connectivity index (χ2n) is 12.4. The Hall–Kier alpha value is -0.100. The first-order valence-electron chi connectivity index (χ1n) is 18.3. The number of hydrogen-bond donors (Lipinski definition) is 0. The fourth-order valence-corrected chi connectivity index (χ4v) is 5.46. The monoisotopic (exact) mass is 607 g/mol. The zero-order chi connectivity index (χ0) is 29.9. The van der Waals surface area contributed by atoms with Crippen molar-refractivity contribution >= 4 is 41.5 Å². The Labute approximate surface area is 283 Å². The van der Waals surface area contributed by atoms with E-state index in [1.165, 1.54) is 154 Å². The van der Waals surface area contributed by atoms with E-state index in [-0.39, 0.29) is 29.6 Å². The van der Waals surface area contributed by atoms with E-state index in [0.29, 0.717) is 12.8 Å². The van der Waals surface area contributed by atoms with Crippen LogP contribution in [0.5, 0.6) is 0 Å². The molecule has 246 valence electrons. The Balaban J connectivity index is 0. The van der Waals surface area contributed by atoms with E-state index in [4.69, 9.17) is 0 Å². The van der Waals surface area contributed by atoms with Gasteiger partial charge in [-0.1, -0.05) is 194 Å². The summed E-state index contributed by atoms with van der Waals surface area (Å²) >= 11 is 0. The van der Waals surface area contributed by atoms with Crippen LogP contribution in [-0.4, -0.2) is 41.5 Å². The van der Waals surface area contributed by atoms with Crippen molar-refractivity contribution < 1.29 is 24.4 Å². The first kappa shape index (κ1) is 44.0. The summed E-state index contributed by atoms with van der Waals surface area (Å²) in [6.07, 6.45) is 39.2. The molecule has 0 saturated heterocycles. The number of carbonyl (C=O) groups is 2. The van der Waals surface area contributed by atoms with Crippen molar-refractivity contribution in [3.63, 3.8) is 0 Å². The summed E-state index contributed by atoms with van der Waals surface area (Å²) in [7, 11) is 0. The van der Waals surface area contributed by atoms with Crippen molar-refractivity contribution in [1.82, 2.24) is 0 Å². The molecule has 0 radical (unpaired) electrons. The van der Waals surface area contributed by atoms with Gasteiger partial charge in [0.2, 0.25) is 0 Å². The van der Waals surface area contributed by atoms with E-state index in [9.17, 15) is 9.59 Å². The fourth-order valence-electron chi connectivity index (χ4n) is 5.46. The Morgan fingerprint density at radius 3 is 0.738 bits per heavy atom. The van der Waals surface area contributed by atoms with Crippen LogP contribution in [0.2, 0.25) is 0 Å². The Kier molecular flexibility index (Phi) is 40.8.